The van der Waals surface area contributed by atoms with Crippen molar-refractivity contribution in [3.05, 3.63) is 182 Å². The molecule has 0 aliphatic heterocycles. The second kappa shape index (κ2) is 11.8. The van der Waals surface area contributed by atoms with Gasteiger partial charge < -0.3 is 0 Å². The van der Waals surface area contributed by atoms with Crippen LogP contribution >= 0.6 is 0 Å². The Morgan fingerprint density at radius 3 is 1.43 bits per heavy atom. The largest absolute Gasteiger partial charge is 0.299 e. The molecule has 0 aliphatic rings. The molecule has 0 radical (unpaired) electrons. The Morgan fingerprint density at radius 1 is 0.373 bits per heavy atom. The van der Waals surface area contributed by atoms with E-state index >= 15 is 0 Å². The van der Waals surface area contributed by atoms with Crippen LogP contribution in [0, 0.1) is 0 Å². The van der Waals surface area contributed by atoms with Crippen LogP contribution in [0.5, 0.6) is 0 Å². The van der Waals surface area contributed by atoms with Crippen LogP contribution < -0.4 is 0 Å². The number of aromatic nitrogens is 6. The topological polar surface area (TPSA) is 53.5 Å². The van der Waals surface area contributed by atoms with Gasteiger partial charge in [-0.05, 0) is 66.2 Å². The van der Waals surface area contributed by atoms with E-state index in [1.54, 1.807) is 0 Å². The molecule has 0 spiro atoms. The minimum absolute atomic E-state index is 0.880. The van der Waals surface area contributed by atoms with Gasteiger partial charge in [0.05, 0.1) is 44.5 Å². The highest BCUT2D eigenvalue weighted by atomic mass is 15.1. The molecule has 0 aliphatic carbocycles. The van der Waals surface area contributed by atoms with Crippen molar-refractivity contribution in [3.8, 4) is 51.0 Å². The third-order valence-electron chi connectivity index (χ3n) is 9.55. The SMILES string of the molecule is c1ccc(-c2nc3ccccc3n2-c2cccc(-n3c(-c4ccccc4)nc4ccccc43)c2-c2cccc(-n3cnc4ccccc43)c2)cc1. The van der Waals surface area contributed by atoms with Crippen molar-refractivity contribution in [2.45, 2.75) is 0 Å². The first-order chi connectivity index (χ1) is 25.3. The Hall–Kier alpha value is -7.05. The zero-order valence-corrected chi connectivity index (χ0v) is 27.5. The number of hydrogen-bond donors (Lipinski definition) is 0. The molecule has 0 atom stereocenters. The Kier molecular flexibility index (Phi) is 6.70. The highest BCUT2D eigenvalue weighted by Crippen LogP contribution is 2.41. The summed E-state index contributed by atoms with van der Waals surface area (Å²) in [4.78, 5) is 15.2. The number of nitrogens with zero attached hydrogens (tertiary/aromatic N) is 6. The predicted molar refractivity (Wildman–Crippen MR) is 207 cm³/mol. The standard InChI is InChI=1S/C45H30N6/c1-3-15-31(16-4-1)44-47-36-22-8-11-25-39(36)50(44)41-27-14-28-42(51-40-26-12-9-23-37(40)48-45(51)32-17-5-2-6-18-32)43(41)33-19-13-20-34(29-33)49-30-46-35-21-7-10-24-38(35)49/h1-30H. The molecule has 0 fully saturated rings. The van der Waals surface area contributed by atoms with E-state index in [1.807, 2.05) is 30.6 Å². The Labute approximate surface area is 294 Å². The zero-order valence-electron chi connectivity index (χ0n) is 27.5. The van der Waals surface area contributed by atoms with Crippen LogP contribution in [-0.2, 0) is 0 Å². The summed E-state index contributed by atoms with van der Waals surface area (Å²) in [5.74, 6) is 1.76. The molecule has 10 rings (SSSR count). The molecule has 6 heteroatoms. The molecule has 0 saturated carbocycles. The fraction of sp³-hybridized carbons (Fsp3) is 0. The van der Waals surface area contributed by atoms with Crippen LogP contribution in [0.2, 0.25) is 0 Å². The number of rotatable bonds is 6. The van der Waals surface area contributed by atoms with Crippen LogP contribution in [0.25, 0.3) is 84.1 Å². The molecule has 0 unspecified atom stereocenters. The van der Waals surface area contributed by atoms with Crippen molar-refractivity contribution in [1.82, 2.24) is 28.7 Å². The fourth-order valence-corrected chi connectivity index (χ4v) is 7.27. The number of benzene rings is 7. The molecule has 6 nitrogen and oxygen atoms in total. The van der Waals surface area contributed by atoms with E-state index in [4.69, 9.17) is 15.0 Å². The summed E-state index contributed by atoms with van der Waals surface area (Å²) in [6, 6.07) is 61.2. The van der Waals surface area contributed by atoms with Crippen LogP contribution in [0.1, 0.15) is 0 Å². The molecule has 240 valence electrons. The van der Waals surface area contributed by atoms with E-state index in [9.17, 15) is 0 Å². The number of hydrogen-bond acceptors (Lipinski definition) is 3. The lowest BCUT2D eigenvalue weighted by Crippen LogP contribution is -2.06. The molecule has 7 aromatic carbocycles. The molecule has 0 saturated heterocycles. The van der Waals surface area contributed by atoms with Gasteiger partial charge in [0.15, 0.2) is 0 Å². The summed E-state index contributed by atoms with van der Waals surface area (Å²) in [5.41, 5.74) is 13.2. The molecule has 3 aromatic heterocycles. The molecule has 51 heavy (non-hydrogen) atoms. The third kappa shape index (κ3) is 4.76. The van der Waals surface area contributed by atoms with Crippen molar-refractivity contribution in [2.75, 3.05) is 0 Å². The number of imidazole rings is 3. The lowest BCUT2D eigenvalue weighted by molar-refractivity contribution is 1.07. The van der Waals surface area contributed by atoms with Crippen molar-refractivity contribution in [2.24, 2.45) is 0 Å². The molecular weight excluding hydrogens is 625 g/mol. The van der Waals surface area contributed by atoms with Crippen LogP contribution in [-0.4, -0.2) is 28.7 Å². The summed E-state index contributed by atoms with van der Waals surface area (Å²) in [7, 11) is 0. The monoisotopic (exact) mass is 654 g/mol. The van der Waals surface area contributed by atoms with Crippen molar-refractivity contribution < 1.29 is 0 Å². The maximum atomic E-state index is 5.23. The molecule has 0 amide bonds. The molecule has 0 bridgehead atoms. The number of fused-ring (bicyclic) bond motifs is 3. The van der Waals surface area contributed by atoms with Gasteiger partial charge in [0.2, 0.25) is 0 Å². The minimum atomic E-state index is 0.880. The normalized spacial score (nSPS) is 11.5. The average molecular weight is 655 g/mol. The van der Waals surface area contributed by atoms with Gasteiger partial charge in [0.25, 0.3) is 0 Å². The second-order valence-electron chi connectivity index (χ2n) is 12.6. The second-order valence-corrected chi connectivity index (χ2v) is 12.6. The Bertz CT molecular complexity index is 2730. The van der Waals surface area contributed by atoms with E-state index in [0.717, 1.165) is 84.1 Å². The maximum Gasteiger partial charge on any atom is 0.145 e. The van der Waals surface area contributed by atoms with Gasteiger partial charge in [0, 0.05) is 22.4 Å². The van der Waals surface area contributed by atoms with Crippen molar-refractivity contribution in [1.29, 1.82) is 0 Å². The van der Waals surface area contributed by atoms with Gasteiger partial charge in [-0.15, -0.1) is 0 Å². The van der Waals surface area contributed by atoms with Gasteiger partial charge in [-0.3, -0.25) is 13.7 Å². The third-order valence-corrected chi connectivity index (χ3v) is 9.55. The van der Waals surface area contributed by atoms with Crippen LogP contribution in [0.3, 0.4) is 0 Å². The molecule has 0 N–H and O–H groups in total. The van der Waals surface area contributed by atoms with Gasteiger partial charge >= 0.3 is 0 Å². The van der Waals surface area contributed by atoms with E-state index < -0.39 is 0 Å². The van der Waals surface area contributed by atoms with Crippen molar-refractivity contribution >= 4 is 33.1 Å². The smallest absolute Gasteiger partial charge is 0.145 e. The van der Waals surface area contributed by atoms with Gasteiger partial charge in [-0.25, -0.2) is 15.0 Å². The summed E-state index contributed by atoms with van der Waals surface area (Å²) in [6.45, 7) is 0. The Balaban J connectivity index is 1.32. The lowest BCUT2D eigenvalue weighted by atomic mass is 9.99. The first-order valence-electron chi connectivity index (χ1n) is 17.0. The first kappa shape index (κ1) is 28.9. The minimum Gasteiger partial charge on any atom is -0.299 e. The predicted octanol–water partition coefficient (Wildman–Crippen LogP) is 10.7. The zero-order chi connectivity index (χ0) is 33.7. The van der Waals surface area contributed by atoms with Crippen LogP contribution in [0.4, 0.5) is 0 Å². The Morgan fingerprint density at radius 2 is 0.843 bits per heavy atom. The average Bonchev–Trinajstić information content (AvgIpc) is 3.92. The van der Waals surface area contributed by atoms with E-state index in [-0.39, 0.29) is 0 Å². The molecule has 3 heterocycles. The highest BCUT2D eigenvalue weighted by Gasteiger charge is 2.23. The number of para-hydroxylation sites is 6. The summed E-state index contributed by atoms with van der Waals surface area (Å²) in [5, 5.41) is 0. The van der Waals surface area contributed by atoms with E-state index in [1.165, 1.54) is 0 Å². The van der Waals surface area contributed by atoms with Crippen molar-refractivity contribution in [3.63, 3.8) is 0 Å². The molecular formula is C45H30N6. The highest BCUT2D eigenvalue weighted by molar-refractivity contribution is 5.92. The maximum absolute atomic E-state index is 5.23. The molecule has 10 aromatic rings. The summed E-state index contributed by atoms with van der Waals surface area (Å²) >= 11 is 0. The van der Waals surface area contributed by atoms with Crippen LogP contribution in [0.15, 0.2) is 182 Å². The quantitative estimate of drug-likeness (QED) is 0.179. The fourth-order valence-electron chi connectivity index (χ4n) is 7.27. The van der Waals surface area contributed by atoms with E-state index in [0.29, 0.717) is 0 Å². The van der Waals surface area contributed by atoms with Gasteiger partial charge in [0.1, 0.15) is 18.0 Å². The van der Waals surface area contributed by atoms with Gasteiger partial charge in [-0.2, -0.15) is 0 Å². The van der Waals surface area contributed by atoms with E-state index in [2.05, 4.69) is 165 Å². The lowest BCUT2D eigenvalue weighted by Gasteiger charge is -2.21. The first-order valence-corrected chi connectivity index (χ1v) is 17.0. The van der Waals surface area contributed by atoms with Gasteiger partial charge in [-0.1, -0.05) is 115 Å². The summed E-state index contributed by atoms with van der Waals surface area (Å²) < 4.78 is 6.78. The summed E-state index contributed by atoms with van der Waals surface area (Å²) in [6.07, 6.45) is 1.91.